The highest BCUT2D eigenvalue weighted by Gasteiger charge is 1.85. The van der Waals surface area contributed by atoms with Gasteiger partial charge in [0.25, 0.3) is 0 Å². The molecule has 0 N–H and O–H groups in total. The Labute approximate surface area is 41.8 Å². The van der Waals surface area contributed by atoms with E-state index in [-0.39, 0.29) is 12.2 Å². The van der Waals surface area contributed by atoms with Crippen LogP contribution in [0.3, 0.4) is 0 Å². The Hall–Kier alpha value is -0.660. The maximum Gasteiger partial charge on any atom is 0.126 e. The lowest BCUT2D eigenvalue weighted by atomic mass is 10.4. The molecule has 0 aliphatic carbocycles. The minimum Gasteiger partial charge on any atom is -0.303 e. The normalized spacial score (nSPS) is 11.4. The van der Waals surface area contributed by atoms with E-state index in [0.29, 0.717) is 6.29 Å². The number of rotatable bonds is 2. The minimum absolute atomic E-state index is 0.0868. The first-order valence-corrected chi connectivity index (χ1v) is 2.05. The molecule has 0 aromatic carbocycles. The predicted molar refractivity (Wildman–Crippen MR) is 25.5 cm³/mol. The smallest absolute Gasteiger partial charge is 0.126 e. The van der Waals surface area contributed by atoms with Gasteiger partial charge in [0.15, 0.2) is 0 Å². The molecule has 0 aliphatic rings. The third kappa shape index (κ3) is 3.16. The highest BCUT2D eigenvalue weighted by molar-refractivity contribution is 5.52. The van der Waals surface area contributed by atoms with E-state index < -0.39 is 0 Å². The molecule has 0 aromatic heterocycles. The van der Waals surface area contributed by atoms with Crippen LogP contribution in [0.5, 0.6) is 0 Å². The Bertz CT molecular complexity index is 86.1. The zero-order chi connectivity index (χ0) is 5.70. The average Bonchev–Trinajstić information content (AvgIpc) is 1.68. The van der Waals surface area contributed by atoms with E-state index in [1.54, 1.807) is 6.92 Å². The van der Waals surface area contributed by atoms with Gasteiger partial charge in [0.05, 0.1) is 6.42 Å². The van der Waals surface area contributed by atoms with Gasteiger partial charge in [0.1, 0.15) is 12.1 Å². The molecule has 0 radical (unpaired) electrons. The molecule has 0 unspecified atom stereocenters. The van der Waals surface area contributed by atoms with Crippen molar-refractivity contribution in [2.24, 2.45) is 0 Å². The first-order valence-electron chi connectivity index (χ1n) is 2.05. The third-order valence-corrected chi connectivity index (χ3v) is 0.592. The van der Waals surface area contributed by atoms with E-state index in [0.717, 1.165) is 0 Å². The first kappa shape index (κ1) is 6.34. The van der Waals surface area contributed by atoms with Gasteiger partial charge in [-0.15, -0.1) is 0 Å². The Morgan fingerprint density at radius 1 is 1.86 bits per heavy atom. The van der Waals surface area contributed by atoms with Gasteiger partial charge in [-0.05, 0) is 6.92 Å². The number of carbonyl (C=O) groups is 1. The molecular weight excluding hydrogens is 95.1 g/mol. The molecule has 0 amide bonds. The Morgan fingerprint density at radius 3 is 2.57 bits per heavy atom. The summed E-state index contributed by atoms with van der Waals surface area (Å²) in [5.74, 6) is -0.366. The van der Waals surface area contributed by atoms with Gasteiger partial charge in [0, 0.05) is 0 Å². The average molecular weight is 102 g/mol. The molecule has 0 rings (SSSR count). The maximum absolute atomic E-state index is 11.8. The molecule has 0 bridgehead atoms. The standard InChI is InChI=1S/C5H7FO/c1-2-5(6)3-4-7/h2,4H,3H2,1H3/b5-2+. The van der Waals surface area contributed by atoms with Gasteiger partial charge in [0.2, 0.25) is 0 Å². The summed E-state index contributed by atoms with van der Waals surface area (Å²) in [5, 5.41) is 0. The van der Waals surface area contributed by atoms with Crippen molar-refractivity contribution >= 4 is 6.29 Å². The van der Waals surface area contributed by atoms with Crippen molar-refractivity contribution in [1.29, 1.82) is 0 Å². The third-order valence-electron chi connectivity index (χ3n) is 0.592. The summed E-state index contributed by atoms with van der Waals surface area (Å²) in [5.41, 5.74) is 0. The highest BCUT2D eigenvalue weighted by Crippen LogP contribution is 1.96. The second-order valence-corrected chi connectivity index (χ2v) is 1.11. The van der Waals surface area contributed by atoms with Crippen LogP contribution in [0.4, 0.5) is 4.39 Å². The molecule has 1 nitrogen and oxygen atoms in total. The van der Waals surface area contributed by atoms with Crippen LogP contribution in [0.15, 0.2) is 11.9 Å². The fourth-order valence-corrected chi connectivity index (χ4v) is 0.197. The van der Waals surface area contributed by atoms with E-state index in [4.69, 9.17) is 0 Å². The number of carbonyl (C=O) groups excluding carboxylic acids is 1. The molecule has 0 heterocycles. The lowest BCUT2D eigenvalue weighted by Crippen LogP contribution is -1.72. The molecule has 0 atom stereocenters. The van der Waals surface area contributed by atoms with Crippen molar-refractivity contribution in [1.82, 2.24) is 0 Å². The van der Waals surface area contributed by atoms with Crippen molar-refractivity contribution in [3.8, 4) is 0 Å². The van der Waals surface area contributed by atoms with E-state index >= 15 is 0 Å². The van der Waals surface area contributed by atoms with E-state index in [1.165, 1.54) is 6.08 Å². The number of halogens is 1. The number of hydrogen-bond donors (Lipinski definition) is 0. The quantitative estimate of drug-likeness (QED) is 0.482. The molecule has 7 heavy (non-hydrogen) atoms. The number of hydrogen-bond acceptors (Lipinski definition) is 1. The SMILES string of the molecule is C/C=C(/F)CC=O. The van der Waals surface area contributed by atoms with Crippen LogP contribution in [0.25, 0.3) is 0 Å². The largest absolute Gasteiger partial charge is 0.303 e. The first-order chi connectivity index (χ1) is 3.31. The van der Waals surface area contributed by atoms with Gasteiger partial charge < -0.3 is 4.79 Å². The van der Waals surface area contributed by atoms with Gasteiger partial charge in [-0.2, -0.15) is 0 Å². The second-order valence-electron chi connectivity index (χ2n) is 1.11. The fraction of sp³-hybridized carbons (Fsp3) is 0.400. The van der Waals surface area contributed by atoms with Gasteiger partial charge in [-0.3, -0.25) is 0 Å². The summed E-state index contributed by atoms with van der Waals surface area (Å²) in [7, 11) is 0. The number of allylic oxidation sites excluding steroid dienone is 2. The van der Waals surface area contributed by atoms with E-state index in [9.17, 15) is 9.18 Å². The Morgan fingerprint density at radius 2 is 2.43 bits per heavy atom. The van der Waals surface area contributed by atoms with Gasteiger partial charge in [-0.1, -0.05) is 6.08 Å². The van der Waals surface area contributed by atoms with Crippen LogP contribution in [0.1, 0.15) is 13.3 Å². The Kier molecular flexibility index (Phi) is 3.19. The Balaban J connectivity index is 3.36. The minimum atomic E-state index is -0.366. The second kappa shape index (κ2) is 3.53. The van der Waals surface area contributed by atoms with E-state index in [2.05, 4.69) is 0 Å². The van der Waals surface area contributed by atoms with Crippen molar-refractivity contribution < 1.29 is 9.18 Å². The summed E-state index contributed by atoms with van der Waals surface area (Å²) in [6.45, 7) is 1.55. The highest BCUT2D eigenvalue weighted by atomic mass is 19.1. The molecular formula is C5H7FO. The van der Waals surface area contributed by atoms with Crippen LogP contribution in [0, 0.1) is 0 Å². The summed E-state index contributed by atoms with van der Waals surface area (Å²) >= 11 is 0. The van der Waals surface area contributed by atoms with Crippen LogP contribution in [0.2, 0.25) is 0 Å². The zero-order valence-electron chi connectivity index (χ0n) is 4.15. The predicted octanol–water partition coefficient (Wildman–Crippen LogP) is 1.45. The summed E-state index contributed by atoms with van der Waals surface area (Å²) < 4.78 is 11.8. The van der Waals surface area contributed by atoms with Gasteiger partial charge in [-0.25, -0.2) is 4.39 Å². The topological polar surface area (TPSA) is 17.1 Å². The summed E-state index contributed by atoms with van der Waals surface area (Å²) in [4.78, 5) is 9.49. The van der Waals surface area contributed by atoms with Crippen molar-refractivity contribution in [3.05, 3.63) is 11.9 Å². The van der Waals surface area contributed by atoms with Crippen LogP contribution >= 0.6 is 0 Å². The van der Waals surface area contributed by atoms with Crippen LogP contribution in [-0.2, 0) is 4.79 Å². The molecule has 0 aromatic rings. The van der Waals surface area contributed by atoms with Gasteiger partial charge >= 0.3 is 0 Å². The molecule has 2 heteroatoms. The van der Waals surface area contributed by atoms with Crippen molar-refractivity contribution in [3.63, 3.8) is 0 Å². The lowest BCUT2D eigenvalue weighted by molar-refractivity contribution is -0.107. The zero-order valence-corrected chi connectivity index (χ0v) is 4.15. The van der Waals surface area contributed by atoms with Crippen molar-refractivity contribution in [2.45, 2.75) is 13.3 Å². The van der Waals surface area contributed by atoms with Crippen LogP contribution < -0.4 is 0 Å². The molecule has 0 fully saturated rings. The van der Waals surface area contributed by atoms with Crippen molar-refractivity contribution in [2.75, 3.05) is 0 Å². The molecule has 0 saturated carbocycles. The monoisotopic (exact) mass is 102 g/mol. The maximum atomic E-state index is 11.8. The molecule has 0 aliphatic heterocycles. The summed E-state index contributed by atoms with van der Waals surface area (Å²) in [6, 6.07) is 0. The van der Waals surface area contributed by atoms with Crippen LogP contribution in [-0.4, -0.2) is 6.29 Å². The molecule has 0 saturated heterocycles. The molecule has 40 valence electrons. The molecule has 0 spiro atoms. The van der Waals surface area contributed by atoms with E-state index in [1.807, 2.05) is 0 Å². The summed E-state index contributed by atoms with van der Waals surface area (Å²) in [6.07, 6.45) is 1.72. The number of aldehydes is 1. The fourth-order valence-electron chi connectivity index (χ4n) is 0.197. The lowest BCUT2D eigenvalue weighted by Gasteiger charge is -1.79.